The molecule has 12 nitrogen and oxygen atoms in total. The number of benzene rings is 1. The molecule has 1 amide bonds. The molecule has 0 radical (unpaired) electrons. The minimum Gasteiger partial charge on any atom is -0.324 e. The number of rotatable bonds is 7. The quantitative estimate of drug-likeness (QED) is 0.401. The van der Waals surface area contributed by atoms with Gasteiger partial charge in [0.2, 0.25) is 5.91 Å². The van der Waals surface area contributed by atoms with Crippen molar-refractivity contribution in [3.05, 3.63) is 82.8 Å². The maximum atomic E-state index is 12.7. The van der Waals surface area contributed by atoms with Crippen molar-refractivity contribution in [2.75, 3.05) is 10.0 Å². The molecule has 3 aromatic heterocycles. The molecule has 13 heteroatoms. The first-order valence-corrected chi connectivity index (χ1v) is 11.5. The van der Waals surface area contributed by atoms with Gasteiger partial charge in [0, 0.05) is 35.9 Å². The van der Waals surface area contributed by atoms with E-state index in [9.17, 15) is 18.0 Å². The molecule has 4 aromatic rings. The zero-order chi connectivity index (χ0) is 24.3. The van der Waals surface area contributed by atoms with Crippen molar-refractivity contribution in [3.8, 4) is 5.82 Å². The van der Waals surface area contributed by atoms with Crippen LogP contribution < -0.4 is 15.6 Å². The number of hydrogen-bond acceptors (Lipinski definition) is 8. The SMILES string of the molecule is Cc1cc(NS(=O)(=O)c2ccc(NC(=O)Cn3nc(-n4cccn4)ccc3=O)cc2)nc(C)n1. The molecule has 0 bridgehead atoms. The van der Waals surface area contributed by atoms with E-state index < -0.39 is 21.5 Å². The van der Waals surface area contributed by atoms with Crippen molar-refractivity contribution >= 4 is 27.4 Å². The Morgan fingerprint density at radius 3 is 2.50 bits per heavy atom. The van der Waals surface area contributed by atoms with Crippen LogP contribution in [0, 0.1) is 13.8 Å². The minimum atomic E-state index is -3.89. The van der Waals surface area contributed by atoms with E-state index in [2.05, 4.69) is 30.2 Å². The first kappa shape index (κ1) is 22.8. The predicted molar refractivity (Wildman–Crippen MR) is 123 cm³/mol. The number of carbonyl (C=O) groups is 1. The van der Waals surface area contributed by atoms with Gasteiger partial charge in [-0.15, -0.1) is 5.10 Å². The fourth-order valence-electron chi connectivity index (χ4n) is 3.10. The Bertz CT molecular complexity index is 1480. The Kier molecular flexibility index (Phi) is 6.19. The van der Waals surface area contributed by atoms with Crippen molar-refractivity contribution in [1.29, 1.82) is 0 Å². The van der Waals surface area contributed by atoms with Gasteiger partial charge in [-0.25, -0.2) is 27.7 Å². The number of amides is 1. The van der Waals surface area contributed by atoms with Crippen LogP contribution in [0.4, 0.5) is 11.5 Å². The topological polar surface area (TPSA) is 154 Å². The molecule has 0 atom stereocenters. The summed E-state index contributed by atoms with van der Waals surface area (Å²) in [4.78, 5) is 32.7. The fraction of sp³-hybridized carbons (Fsp3) is 0.143. The molecule has 0 saturated heterocycles. The molecule has 2 N–H and O–H groups in total. The molecule has 0 aliphatic carbocycles. The second-order valence-corrected chi connectivity index (χ2v) is 8.94. The maximum Gasteiger partial charge on any atom is 0.267 e. The monoisotopic (exact) mass is 480 g/mol. The van der Waals surface area contributed by atoms with Gasteiger partial charge in [0.25, 0.3) is 15.6 Å². The van der Waals surface area contributed by atoms with Gasteiger partial charge in [-0.1, -0.05) is 0 Å². The maximum absolute atomic E-state index is 12.7. The average Bonchev–Trinajstić information content (AvgIpc) is 3.29. The molecule has 0 aliphatic rings. The summed E-state index contributed by atoms with van der Waals surface area (Å²) >= 11 is 0. The third-order valence-electron chi connectivity index (χ3n) is 4.54. The number of anilines is 2. The van der Waals surface area contributed by atoms with Crippen LogP contribution in [-0.4, -0.2) is 43.9 Å². The molecule has 3 heterocycles. The summed E-state index contributed by atoms with van der Waals surface area (Å²) in [5.41, 5.74) is 0.537. The molecular formula is C21H20N8O4S. The van der Waals surface area contributed by atoms with Gasteiger partial charge in [0.1, 0.15) is 18.2 Å². The van der Waals surface area contributed by atoms with Crippen LogP contribution >= 0.6 is 0 Å². The highest BCUT2D eigenvalue weighted by atomic mass is 32.2. The molecule has 0 aliphatic heterocycles. The van der Waals surface area contributed by atoms with E-state index in [0.29, 0.717) is 23.0 Å². The molecule has 0 fully saturated rings. The van der Waals surface area contributed by atoms with Gasteiger partial charge in [0.05, 0.1) is 4.90 Å². The van der Waals surface area contributed by atoms with Crippen LogP contribution in [0.15, 0.2) is 70.6 Å². The largest absolute Gasteiger partial charge is 0.324 e. The van der Waals surface area contributed by atoms with E-state index in [1.165, 1.54) is 47.1 Å². The molecular weight excluding hydrogens is 460 g/mol. The Morgan fingerprint density at radius 1 is 1.06 bits per heavy atom. The lowest BCUT2D eigenvalue weighted by atomic mass is 10.3. The normalized spacial score (nSPS) is 11.2. The van der Waals surface area contributed by atoms with E-state index in [4.69, 9.17) is 0 Å². The van der Waals surface area contributed by atoms with Crippen LogP contribution in [-0.2, 0) is 21.4 Å². The van der Waals surface area contributed by atoms with Crippen molar-refractivity contribution in [3.63, 3.8) is 0 Å². The molecule has 4 rings (SSSR count). The predicted octanol–water partition coefficient (Wildman–Crippen LogP) is 1.28. The van der Waals surface area contributed by atoms with Crippen molar-refractivity contribution in [2.24, 2.45) is 0 Å². The first-order chi connectivity index (χ1) is 16.2. The Labute approximate surface area is 194 Å². The number of sulfonamides is 1. The zero-order valence-electron chi connectivity index (χ0n) is 18.2. The lowest BCUT2D eigenvalue weighted by Gasteiger charge is -2.10. The van der Waals surface area contributed by atoms with Gasteiger partial charge in [-0.3, -0.25) is 14.3 Å². The van der Waals surface area contributed by atoms with E-state index >= 15 is 0 Å². The number of aromatic nitrogens is 6. The summed E-state index contributed by atoms with van der Waals surface area (Å²) in [6.45, 7) is 3.07. The minimum absolute atomic E-state index is 0.00997. The molecule has 174 valence electrons. The summed E-state index contributed by atoms with van der Waals surface area (Å²) in [6, 6.07) is 11.6. The third kappa shape index (κ3) is 5.32. The van der Waals surface area contributed by atoms with Crippen LogP contribution in [0.1, 0.15) is 11.5 Å². The van der Waals surface area contributed by atoms with Crippen LogP contribution in [0.5, 0.6) is 0 Å². The number of aryl methyl sites for hydroxylation is 2. The number of hydrogen-bond donors (Lipinski definition) is 2. The van der Waals surface area contributed by atoms with Crippen molar-refractivity contribution in [2.45, 2.75) is 25.3 Å². The van der Waals surface area contributed by atoms with E-state index in [-0.39, 0.29) is 17.3 Å². The Morgan fingerprint density at radius 2 is 1.82 bits per heavy atom. The number of carbonyl (C=O) groups excluding carboxylic acids is 1. The van der Waals surface area contributed by atoms with Gasteiger partial charge in [-0.05, 0) is 50.2 Å². The summed E-state index contributed by atoms with van der Waals surface area (Å²) < 4.78 is 30.2. The van der Waals surface area contributed by atoms with Crippen LogP contribution in [0.3, 0.4) is 0 Å². The Hall–Kier alpha value is -4.39. The molecule has 0 saturated carbocycles. The standard InChI is InChI=1S/C21H20N8O4S/c1-14-12-18(24-15(2)23-14)27-34(32,33)17-6-4-16(5-7-17)25-20(30)13-29-21(31)9-8-19(26-29)28-11-3-10-22-28/h3-12H,13H2,1-2H3,(H,25,30)(H,23,24,27). The Balaban J connectivity index is 1.44. The zero-order valence-corrected chi connectivity index (χ0v) is 19.0. The second-order valence-electron chi connectivity index (χ2n) is 7.26. The highest BCUT2D eigenvalue weighted by Crippen LogP contribution is 2.18. The smallest absolute Gasteiger partial charge is 0.267 e. The molecule has 0 unspecified atom stereocenters. The van der Waals surface area contributed by atoms with Gasteiger partial charge in [0.15, 0.2) is 5.82 Å². The van der Waals surface area contributed by atoms with Crippen molar-refractivity contribution in [1.82, 2.24) is 29.5 Å². The fourth-order valence-corrected chi connectivity index (χ4v) is 4.09. The van der Waals surface area contributed by atoms with Gasteiger partial charge >= 0.3 is 0 Å². The van der Waals surface area contributed by atoms with Crippen molar-refractivity contribution < 1.29 is 13.2 Å². The number of nitrogens with zero attached hydrogens (tertiary/aromatic N) is 6. The highest BCUT2D eigenvalue weighted by Gasteiger charge is 2.16. The summed E-state index contributed by atoms with van der Waals surface area (Å²) in [6.07, 6.45) is 3.23. The summed E-state index contributed by atoms with van der Waals surface area (Å²) in [5, 5.41) is 10.8. The lowest BCUT2D eigenvalue weighted by Crippen LogP contribution is -2.30. The van der Waals surface area contributed by atoms with E-state index in [1.54, 1.807) is 32.3 Å². The number of nitrogens with one attached hydrogen (secondary N) is 2. The van der Waals surface area contributed by atoms with E-state index in [1.807, 2.05) is 0 Å². The van der Waals surface area contributed by atoms with Gasteiger partial charge in [-0.2, -0.15) is 5.10 Å². The van der Waals surface area contributed by atoms with Crippen LogP contribution in [0.2, 0.25) is 0 Å². The summed E-state index contributed by atoms with van der Waals surface area (Å²) in [5.74, 6) is 0.485. The van der Waals surface area contributed by atoms with Gasteiger partial charge < -0.3 is 5.32 Å². The first-order valence-electron chi connectivity index (χ1n) is 10.0. The third-order valence-corrected chi connectivity index (χ3v) is 5.91. The molecule has 1 aromatic carbocycles. The molecule has 34 heavy (non-hydrogen) atoms. The molecule has 0 spiro atoms. The van der Waals surface area contributed by atoms with Crippen LogP contribution in [0.25, 0.3) is 5.82 Å². The lowest BCUT2D eigenvalue weighted by molar-refractivity contribution is -0.117. The summed E-state index contributed by atoms with van der Waals surface area (Å²) in [7, 11) is -3.89. The second kappa shape index (κ2) is 9.23. The average molecular weight is 481 g/mol. The van der Waals surface area contributed by atoms with E-state index in [0.717, 1.165) is 4.68 Å². The highest BCUT2D eigenvalue weighted by molar-refractivity contribution is 7.92.